The number of carbonyl (C=O) groups is 2. The molecule has 244 valence electrons. The molecule has 2 fully saturated rings. The minimum Gasteiger partial charge on any atom is -0.507 e. The van der Waals surface area contributed by atoms with Crippen LogP contribution in [0.3, 0.4) is 0 Å². The number of Topliss-reactive ketones (excluding diaryl/α,β-unsaturated/α-hetero) is 1. The summed E-state index contributed by atoms with van der Waals surface area (Å²) >= 11 is 3.44. The monoisotopic (exact) mass is 668 g/mol. The second-order valence-electron chi connectivity index (χ2n) is 13.3. The number of carboxylic acids is 1. The summed E-state index contributed by atoms with van der Waals surface area (Å²) in [5.41, 5.74) is -0.546. The first-order chi connectivity index (χ1) is 20.1. The maximum absolute atomic E-state index is 13.9. The Hall–Kier alpha value is -1.52. The highest BCUT2D eigenvalue weighted by atomic mass is 79.9. The quantitative estimate of drug-likeness (QED) is 0.185. The smallest absolute Gasteiger partial charge is 0.339 e. The lowest BCUT2D eigenvalue weighted by Gasteiger charge is -2.47. The van der Waals surface area contributed by atoms with E-state index in [1.54, 1.807) is 19.9 Å². The molecule has 1 aromatic carbocycles. The number of aromatic hydroxyl groups is 1. The Balaban J connectivity index is 1.71. The van der Waals surface area contributed by atoms with Crippen molar-refractivity contribution in [3.05, 3.63) is 27.2 Å². The van der Waals surface area contributed by atoms with Crippen molar-refractivity contribution in [1.82, 2.24) is 0 Å². The zero-order valence-corrected chi connectivity index (χ0v) is 28.7. The zero-order chi connectivity index (χ0) is 32.4. The van der Waals surface area contributed by atoms with Gasteiger partial charge in [0.2, 0.25) is 0 Å². The molecule has 10 atom stereocenters. The number of benzene rings is 1. The standard InChI is InChI=1S/C34H53BrO8/c1-9-23(31-20(6)17-34(11-3,43-31)26-14-15-33(41,10-2)22(8)42-26)30(38)21(7)28(36)18(4)12-13-24-25(35)16-19(5)29(37)27(24)32(39)40/h16,18,20-23,26,28,31,36-37,41H,9-15,17H2,1-8H3,(H,39,40)/t18-,20+,21+,22+,23+,26-,28+,31+,33-,34+/m1/s1. The molecule has 0 saturated carbocycles. The van der Waals surface area contributed by atoms with Crippen LogP contribution in [0.15, 0.2) is 10.5 Å². The third-order valence-electron chi connectivity index (χ3n) is 10.7. The van der Waals surface area contributed by atoms with E-state index in [2.05, 4.69) is 29.8 Å². The van der Waals surface area contributed by atoms with Crippen LogP contribution in [0.1, 0.15) is 115 Å². The number of phenols is 1. The maximum Gasteiger partial charge on any atom is 0.339 e. The van der Waals surface area contributed by atoms with Gasteiger partial charge in [-0.15, -0.1) is 0 Å². The SMILES string of the molecule is CC[C@@H](C(=O)[C@@H](C)[C@@H](O)[C@H](C)CCc1c(Br)cc(C)c(O)c1C(=O)O)[C@H]1O[C@](CC)([C@H]2CC[C@](O)(CC)[C@H](C)O2)C[C@@H]1C. The van der Waals surface area contributed by atoms with Crippen LogP contribution < -0.4 is 0 Å². The van der Waals surface area contributed by atoms with E-state index in [0.29, 0.717) is 54.1 Å². The Kier molecular flexibility index (Phi) is 11.9. The summed E-state index contributed by atoms with van der Waals surface area (Å²) in [6.45, 7) is 15.4. The first kappa shape index (κ1) is 36.0. The minimum atomic E-state index is -1.21. The molecular weight excluding hydrogens is 616 g/mol. The number of aryl methyl sites for hydroxylation is 1. The molecule has 0 aliphatic carbocycles. The molecule has 0 aromatic heterocycles. The Morgan fingerprint density at radius 3 is 2.35 bits per heavy atom. The number of aromatic carboxylic acids is 1. The molecule has 0 amide bonds. The largest absolute Gasteiger partial charge is 0.507 e. The van der Waals surface area contributed by atoms with Crippen molar-refractivity contribution in [3.63, 3.8) is 0 Å². The van der Waals surface area contributed by atoms with Crippen LogP contribution in [0.4, 0.5) is 0 Å². The first-order valence-corrected chi connectivity index (χ1v) is 16.9. The number of halogens is 1. The van der Waals surface area contributed by atoms with E-state index in [4.69, 9.17) is 9.47 Å². The Morgan fingerprint density at radius 2 is 1.81 bits per heavy atom. The fraction of sp³-hybridized carbons (Fsp3) is 0.765. The van der Waals surface area contributed by atoms with Gasteiger partial charge in [0.15, 0.2) is 0 Å². The summed E-state index contributed by atoms with van der Waals surface area (Å²) in [5.74, 6) is -2.66. The molecule has 2 aliphatic heterocycles. The third kappa shape index (κ3) is 7.16. The predicted octanol–water partition coefficient (Wildman–Crippen LogP) is 6.60. The van der Waals surface area contributed by atoms with Gasteiger partial charge in [0.25, 0.3) is 0 Å². The zero-order valence-electron chi connectivity index (χ0n) is 27.2. The lowest BCUT2D eigenvalue weighted by atomic mass is 9.76. The fourth-order valence-electron chi connectivity index (χ4n) is 7.53. The van der Waals surface area contributed by atoms with Crippen molar-refractivity contribution in [2.45, 2.75) is 142 Å². The molecule has 3 rings (SSSR count). The summed E-state index contributed by atoms with van der Waals surface area (Å²) in [4.78, 5) is 25.8. The predicted molar refractivity (Wildman–Crippen MR) is 169 cm³/mol. The van der Waals surface area contributed by atoms with Gasteiger partial charge in [-0.1, -0.05) is 57.5 Å². The van der Waals surface area contributed by atoms with Gasteiger partial charge in [0, 0.05) is 16.3 Å². The minimum absolute atomic E-state index is 0.0238. The summed E-state index contributed by atoms with van der Waals surface area (Å²) in [6, 6.07) is 1.69. The van der Waals surface area contributed by atoms with Crippen LogP contribution in [0, 0.1) is 30.6 Å². The van der Waals surface area contributed by atoms with Gasteiger partial charge in [0.05, 0.1) is 35.6 Å². The van der Waals surface area contributed by atoms with Crippen LogP contribution in [0.2, 0.25) is 0 Å². The van der Waals surface area contributed by atoms with Gasteiger partial charge in [-0.2, -0.15) is 0 Å². The molecule has 2 saturated heterocycles. The van der Waals surface area contributed by atoms with E-state index in [1.807, 2.05) is 27.7 Å². The fourth-order valence-corrected chi connectivity index (χ4v) is 8.27. The number of ketones is 1. The molecule has 0 radical (unpaired) electrons. The average molecular weight is 670 g/mol. The van der Waals surface area contributed by atoms with Crippen molar-refractivity contribution in [2.24, 2.45) is 23.7 Å². The summed E-state index contributed by atoms with van der Waals surface area (Å²) < 4.78 is 13.9. The molecule has 43 heavy (non-hydrogen) atoms. The van der Waals surface area contributed by atoms with E-state index >= 15 is 0 Å². The van der Waals surface area contributed by atoms with E-state index in [0.717, 1.165) is 12.8 Å². The number of carboxylic acid groups (broad SMARTS) is 1. The van der Waals surface area contributed by atoms with Gasteiger partial charge in [-0.25, -0.2) is 4.79 Å². The van der Waals surface area contributed by atoms with Crippen LogP contribution in [0.25, 0.3) is 0 Å². The molecular formula is C34H53BrO8. The molecule has 0 unspecified atom stereocenters. The molecule has 8 nitrogen and oxygen atoms in total. The number of ether oxygens (including phenoxy) is 2. The van der Waals surface area contributed by atoms with Crippen LogP contribution in [-0.2, 0) is 20.7 Å². The van der Waals surface area contributed by atoms with Gasteiger partial charge >= 0.3 is 5.97 Å². The van der Waals surface area contributed by atoms with Crippen molar-refractivity contribution in [3.8, 4) is 5.75 Å². The molecule has 9 heteroatoms. The number of rotatable bonds is 13. The third-order valence-corrected chi connectivity index (χ3v) is 11.4. The Labute approximate surface area is 265 Å². The summed E-state index contributed by atoms with van der Waals surface area (Å²) in [6.07, 6.45) is 3.20. The maximum atomic E-state index is 13.9. The molecule has 0 spiro atoms. The van der Waals surface area contributed by atoms with E-state index < -0.39 is 29.2 Å². The summed E-state index contributed by atoms with van der Waals surface area (Å²) in [5, 5.41) is 42.3. The number of aliphatic hydroxyl groups is 2. The second-order valence-corrected chi connectivity index (χ2v) is 14.2. The van der Waals surface area contributed by atoms with Gasteiger partial charge in [-0.3, -0.25) is 4.79 Å². The topological polar surface area (TPSA) is 134 Å². The molecule has 2 heterocycles. The first-order valence-electron chi connectivity index (χ1n) is 16.1. The number of aliphatic hydroxyl groups excluding tert-OH is 1. The molecule has 2 aliphatic rings. The number of hydrogen-bond donors (Lipinski definition) is 4. The van der Waals surface area contributed by atoms with Crippen molar-refractivity contribution < 1.29 is 39.5 Å². The normalized spacial score (nSPS) is 32.3. The van der Waals surface area contributed by atoms with E-state index in [-0.39, 0.29) is 53.2 Å². The van der Waals surface area contributed by atoms with Crippen LogP contribution in [0.5, 0.6) is 5.75 Å². The van der Waals surface area contributed by atoms with E-state index in [9.17, 15) is 30.0 Å². The van der Waals surface area contributed by atoms with Gasteiger partial charge in [0.1, 0.15) is 17.1 Å². The Bertz CT molecular complexity index is 1160. The second kappa shape index (κ2) is 14.3. The molecule has 4 N–H and O–H groups in total. The van der Waals surface area contributed by atoms with Crippen molar-refractivity contribution in [1.29, 1.82) is 0 Å². The number of carbonyl (C=O) groups excluding carboxylic acids is 1. The molecule has 1 aromatic rings. The lowest BCUT2D eigenvalue weighted by Crippen LogP contribution is -2.55. The highest BCUT2D eigenvalue weighted by Crippen LogP contribution is 2.48. The Morgan fingerprint density at radius 1 is 1.16 bits per heavy atom. The van der Waals surface area contributed by atoms with Gasteiger partial charge in [-0.05, 0) is 94.2 Å². The van der Waals surface area contributed by atoms with Crippen molar-refractivity contribution >= 4 is 27.7 Å². The highest BCUT2D eigenvalue weighted by molar-refractivity contribution is 9.10. The summed E-state index contributed by atoms with van der Waals surface area (Å²) in [7, 11) is 0. The molecule has 0 bridgehead atoms. The van der Waals surface area contributed by atoms with Crippen molar-refractivity contribution in [2.75, 3.05) is 0 Å². The van der Waals surface area contributed by atoms with Gasteiger partial charge < -0.3 is 29.9 Å². The lowest BCUT2D eigenvalue weighted by molar-refractivity contribution is -0.229. The highest BCUT2D eigenvalue weighted by Gasteiger charge is 2.55. The van der Waals surface area contributed by atoms with E-state index in [1.165, 1.54) is 0 Å². The average Bonchev–Trinajstić information content (AvgIpc) is 3.31. The number of hydrogen-bond acceptors (Lipinski definition) is 7. The van der Waals surface area contributed by atoms with Crippen LogP contribution >= 0.6 is 15.9 Å². The van der Waals surface area contributed by atoms with Crippen LogP contribution in [-0.4, -0.2) is 67.8 Å².